The molecule has 0 heterocycles. The van der Waals surface area contributed by atoms with Crippen LogP contribution < -0.4 is 0 Å². The van der Waals surface area contributed by atoms with E-state index in [4.69, 9.17) is 26.6 Å². The first-order chi connectivity index (χ1) is 20.1. The van der Waals surface area contributed by atoms with Crippen LogP contribution in [0, 0.1) is 0 Å². The fourth-order valence-electron chi connectivity index (χ4n) is 5.32. The summed E-state index contributed by atoms with van der Waals surface area (Å²) in [5.41, 5.74) is 0. The monoisotopic (exact) mass is 638 g/mol. The lowest BCUT2D eigenvalue weighted by molar-refractivity contribution is 0.0698. The van der Waals surface area contributed by atoms with Gasteiger partial charge < -0.3 is 26.6 Å². The van der Waals surface area contributed by atoms with E-state index in [2.05, 4.69) is 11.8 Å². The van der Waals surface area contributed by atoms with Gasteiger partial charge in [-0.3, -0.25) is 0 Å². The van der Waals surface area contributed by atoms with E-state index < -0.39 is 17.6 Å². The molecule has 0 aromatic rings. The molecule has 0 amide bonds. The number of hydrogen-bond acceptors (Lipinski definition) is 7. The standard InChI is InChI=1S/C32H70O6SSi2/c1-7-33-40(34-8-2,35-9-3)31-27-23-19-15-13-17-21-25-29-39-30-26-22-18-14-16-20-24-28-32-41(36-10-4,37-11-5)38-12-6/h7-32H2,1-6H3. The normalized spacial score (nSPS) is 12.4. The Bertz CT molecular complexity index is 454. The predicted octanol–water partition coefficient (Wildman–Crippen LogP) is 10.1. The predicted molar refractivity (Wildman–Crippen MR) is 182 cm³/mol. The van der Waals surface area contributed by atoms with Crippen molar-refractivity contribution < 1.29 is 26.6 Å². The summed E-state index contributed by atoms with van der Waals surface area (Å²) in [6, 6.07) is 1.92. The molecule has 0 bridgehead atoms. The second-order valence-electron chi connectivity index (χ2n) is 10.7. The van der Waals surface area contributed by atoms with Gasteiger partial charge in [-0.15, -0.1) is 0 Å². The molecule has 0 saturated carbocycles. The lowest BCUT2D eigenvalue weighted by Gasteiger charge is -2.28. The van der Waals surface area contributed by atoms with Gasteiger partial charge in [0.2, 0.25) is 0 Å². The molecule has 6 nitrogen and oxygen atoms in total. The van der Waals surface area contributed by atoms with Crippen LogP contribution >= 0.6 is 11.8 Å². The van der Waals surface area contributed by atoms with Crippen LogP contribution in [0.5, 0.6) is 0 Å². The molecule has 0 unspecified atom stereocenters. The van der Waals surface area contributed by atoms with E-state index >= 15 is 0 Å². The summed E-state index contributed by atoms with van der Waals surface area (Å²) in [6.07, 6.45) is 21.3. The Balaban J connectivity index is 3.52. The highest BCUT2D eigenvalue weighted by molar-refractivity contribution is 7.99. The van der Waals surface area contributed by atoms with E-state index in [1.54, 1.807) is 0 Å². The smallest absolute Gasteiger partial charge is 0.374 e. The zero-order valence-corrected chi connectivity index (χ0v) is 31.1. The summed E-state index contributed by atoms with van der Waals surface area (Å²) < 4.78 is 35.8. The van der Waals surface area contributed by atoms with Crippen LogP contribution in [-0.2, 0) is 26.6 Å². The molecule has 0 aliphatic rings. The van der Waals surface area contributed by atoms with Gasteiger partial charge in [-0.2, -0.15) is 11.8 Å². The topological polar surface area (TPSA) is 55.4 Å². The molecule has 9 heteroatoms. The van der Waals surface area contributed by atoms with Crippen molar-refractivity contribution in [2.24, 2.45) is 0 Å². The van der Waals surface area contributed by atoms with Gasteiger partial charge in [0.05, 0.1) is 0 Å². The molecule has 0 fully saturated rings. The van der Waals surface area contributed by atoms with Crippen molar-refractivity contribution in [2.75, 3.05) is 51.1 Å². The highest BCUT2D eigenvalue weighted by Gasteiger charge is 2.40. The van der Waals surface area contributed by atoms with Gasteiger partial charge in [-0.25, -0.2) is 0 Å². The molecular formula is C32H70O6SSi2. The molecular weight excluding hydrogens is 569 g/mol. The number of rotatable bonds is 34. The maximum Gasteiger partial charge on any atom is 0.500 e. The molecule has 0 atom stereocenters. The van der Waals surface area contributed by atoms with Crippen LogP contribution in [0.25, 0.3) is 0 Å². The minimum atomic E-state index is -2.43. The van der Waals surface area contributed by atoms with E-state index in [-0.39, 0.29) is 0 Å². The van der Waals surface area contributed by atoms with Gasteiger partial charge >= 0.3 is 17.6 Å². The van der Waals surface area contributed by atoms with Crippen LogP contribution in [0.3, 0.4) is 0 Å². The average Bonchev–Trinajstić information content (AvgIpc) is 2.95. The fourth-order valence-corrected chi connectivity index (χ4v) is 11.7. The average molecular weight is 639 g/mol. The maximum atomic E-state index is 5.96. The van der Waals surface area contributed by atoms with Gasteiger partial charge in [0.15, 0.2) is 0 Å². The van der Waals surface area contributed by atoms with Crippen LogP contribution in [0.4, 0.5) is 0 Å². The Morgan fingerprint density at radius 2 is 0.537 bits per heavy atom. The molecule has 0 aromatic carbocycles. The minimum absolute atomic E-state index is 0.676. The van der Waals surface area contributed by atoms with Crippen molar-refractivity contribution in [1.82, 2.24) is 0 Å². The van der Waals surface area contributed by atoms with Crippen molar-refractivity contribution in [2.45, 2.75) is 156 Å². The molecule has 0 rings (SSSR count). The van der Waals surface area contributed by atoms with Crippen LogP contribution in [-0.4, -0.2) is 68.8 Å². The van der Waals surface area contributed by atoms with Gasteiger partial charge in [-0.1, -0.05) is 77.0 Å². The Morgan fingerprint density at radius 1 is 0.317 bits per heavy atom. The molecule has 0 saturated heterocycles. The van der Waals surface area contributed by atoms with E-state index in [9.17, 15) is 0 Å². The Kier molecular flexibility index (Phi) is 31.0. The molecule has 248 valence electrons. The van der Waals surface area contributed by atoms with Crippen molar-refractivity contribution in [3.05, 3.63) is 0 Å². The third-order valence-electron chi connectivity index (χ3n) is 7.23. The summed E-state index contributed by atoms with van der Waals surface area (Å²) in [6.45, 7) is 16.3. The Labute approximate surface area is 262 Å². The first-order valence-corrected chi connectivity index (χ1v) is 22.5. The summed E-state index contributed by atoms with van der Waals surface area (Å²) in [4.78, 5) is 0. The molecule has 0 aliphatic carbocycles. The molecule has 0 spiro atoms. The van der Waals surface area contributed by atoms with E-state index in [1.807, 2.05) is 41.5 Å². The zero-order chi connectivity index (χ0) is 30.3. The van der Waals surface area contributed by atoms with Gasteiger partial charge in [0, 0.05) is 51.7 Å². The Hall–Kier alpha value is 0.544. The van der Waals surface area contributed by atoms with Crippen molar-refractivity contribution >= 4 is 29.4 Å². The lowest BCUT2D eigenvalue weighted by atomic mass is 10.1. The SMILES string of the molecule is CCO[Si](CCCCCCCCCCSCCCCCCCCCC[Si](OCC)(OCC)OCC)(OCC)OCC. The molecule has 0 aromatic heterocycles. The van der Waals surface area contributed by atoms with Gasteiger partial charge in [-0.05, 0) is 78.7 Å². The van der Waals surface area contributed by atoms with Gasteiger partial charge in [0.1, 0.15) is 0 Å². The molecule has 0 N–H and O–H groups in total. The third-order valence-corrected chi connectivity index (χ3v) is 14.7. The third kappa shape index (κ3) is 23.6. The quantitative estimate of drug-likeness (QED) is 0.0513. The van der Waals surface area contributed by atoms with E-state index in [1.165, 1.54) is 101 Å². The summed E-state index contributed by atoms with van der Waals surface area (Å²) in [5, 5.41) is 0. The molecule has 41 heavy (non-hydrogen) atoms. The highest BCUT2D eigenvalue weighted by Crippen LogP contribution is 2.22. The van der Waals surface area contributed by atoms with Crippen LogP contribution in [0.1, 0.15) is 144 Å². The number of unbranched alkanes of at least 4 members (excludes halogenated alkanes) is 14. The second kappa shape index (κ2) is 30.6. The van der Waals surface area contributed by atoms with Gasteiger partial charge in [0.25, 0.3) is 0 Å². The largest absolute Gasteiger partial charge is 0.500 e. The van der Waals surface area contributed by atoms with E-state index in [0.717, 1.165) is 24.9 Å². The molecule has 0 aliphatic heterocycles. The van der Waals surface area contributed by atoms with Crippen LogP contribution in [0.2, 0.25) is 12.1 Å². The summed E-state index contributed by atoms with van der Waals surface area (Å²) >= 11 is 2.17. The summed E-state index contributed by atoms with van der Waals surface area (Å²) in [7, 11) is -4.87. The first-order valence-electron chi connectivity index (χ1n) is 17.5. The molecule has 0 radical (unpaired) electrons. The summed E-state index contributed by atoms with van der Waals surface area (Å²) in [5.74, 6) is 2.68. The fraction of sp³-hybridized carbons (Fsp3) is 1.00. The minimum Gasteiger partial charge on any atom is -0.374 e. The maximum absolute atomic E-state index is 5.96. The van der Waals surface area contributed by atoms with Crippen molar-refractivity contribution in [3.8, 4) is 0 Å². The lowest BCUT2D eigenvalue weighted by Crippen LogP contribution is -2.45. The van der Waals surface area contributed by atoms with Crippen LogP contribution in [0.15, 0.2) is 0 Å². The number of hydrogen-bond donors (Lipinski definition) is 0. The zero-order valence-electron chi connectivity index (χ0n) is 28.2. The first kappa shape index (κ1) is 41.5. The second-order valence-corrected chi connectivity index (χ2v) is 17.4. The van der Waals surface area contributed by atoms with Crippen molar-refractivity contribution in [3.63, 3.8) is 0 Å². The highest BCUT2D eigenvalue weighted by atomic mass is 32.2. The number of thioether (sulfide) groups is 1. The van der Waals surface area contributed by atoms with Crippen molar-refractivity contribution in [1.29, 1.82) is 0 Å². The van der Waals surface area contributed by atoms with E-state index in [0.29, 0.717) is 39.6 Å². The Morgan fingerprint density at radius 3 is 0.780 bits per heavy atom.